The molecule has 4 heterocycles. The molecule has 180 valence electrons. The Hall–Kier alpha value is -2.92. The topological polar surface area (TPSA) is 87.9 Å². The first-order valence-corrected chi connectivity index (χ1v) is 10.5. The Morgan fingerprint density at radius 3 is 2.61 bits per heavy atom. The molecule has 0 radical (unpaired) electrons. The zero-order valence-corrected chi connectivity index (χ0v) is 18.5. The van der Waals surface area contributed by atoms with E-state index in [9.17, 15) is 18.0 Å². The predicted molar refractivity (Wildman–Crippen MR) is 112 cm³/mol. The lowest BCUT2D eigenvalue weighted by Crippen LogP contribution is -2.38. The van der Waals surface area contributed by atoms with Crippen molar-refractivity contribution in [2.75, 3.05) is 26.7 Å². The maximum atomic E-state index is 12.8. The molecule has 0 aromatic carbocycles. The number of carbonyl (C=O) groups is 2. The molecular weight excluding hydrogens is 441 g/mol. The third-order valence-corrected chi connectivity index (χ3v) is 5.96. The van der Waals surface area contributed by atoms with Crippen molar-refractivity contribution in [3.8, 4) is 0 Å². The van der Waals surface area contributed by atoms with Gasteiger partial charge in [0.2, 0.25) is 0 Å². The van der Waals surface area contributed by atoms with E-state index >= 15 is 0 Å². The Kier molecular flexibility index (Phi) is 7.43. The number of ether oxygens (including phenoxy) is 1. The number of aliphatic carboxylic acids is 1. The molecule has 2 aliphatic rings. The van der Waals surface area contributed by atoms with E-state index in [1.54, 1.807) is 0 Å². The van der Waals surface area contributed by atoms with Crippen molar-refractivity contribution >= 4 is 11.9 Å². The molecule has 2 saturated heterocycles. The van der Waals surface area contributed by atoms with Crippen LogP contribution in [0.1, 0.15) is 29.0 Å². The smallest absolute Gasteiger partial charge is 0.475 e. The highest BCUT2D eigenvalue weighted by Crippen LogP contribution is 2.37. The van der Waals surface area contributed by atoms with E-state index in [-0.39, 0.29) is 11.5 Å². The van der Waals surface area contributed by atoms with Gasteiger partial charge in [-0.2, -0.15) is 13.2 Å². The number of amides is 1. The zero-order chi connectivity index (χ0) is 24.2. The SMILES string of the molecule is CN(Cc1ccccn1)C1COC2(CCN(C(=O)c3cccn3C)C2)C1.O=C(O)C(F)(F)F. The van der Waals surface area contributed by atoms with Gasteiger partial charge in [0.1, 0.15) is 5.69 Å². The van der Waals surface area contributed by atoms with Crippen LogP contribution in [-0.4, -0.2) is 80.9 Å². The first kappa shape index (κ1) is 24.7. The van der Waals surface area contributed by atoms with Crippen LogP contribution in [0.25, 0.3) is 0 Å². The van der Waals surface area contributed by atoms with E-state index in [1.165, 1.54) is 0 Å². The summed E-state index contributed by atoms with van der Waals surface area (Å²) in [4.78, 5) is 30.3. The Morgan fingerprint density at radius 2 is 2.03 bits per heavy atom. The van der Waals surface area contributed by atoms with E-state index in [0.717, 1.165) is 43.9 Å². The van der Waals surface area contributed by atoms with Crippen molar-refractivity contribution < 1.29 is 32.6 Å². The van der Waals surface area contributed by atoms with Crippen molar-refractivity contribution in [1.29, 1.82) is 0 Å². The summed E-state index contributed by atoms with van der Waals surface area (Å²) < 4.78 is 39.9. The summed E-state index contributed by atoms with van der Waals surface area (Å²) >= 11 is 0. The first-order valence-electron chi connectivity index (χ1n) is 10.5. The normalized spacial score (nSPS) is 22.5. The number of aromatic nitrogens is 2. The van der Waals surface area contributed by atoms with Crippen molar-refractivity contribution in [3.63, 3.8) is 0 Å². The van der Waals surface area contributed by atoms with E-state index < -0.39 is 12.1 Å². The number of hydrogen-bond acceptors (Lipinski definition) is 5. The van der Waals surface area contributed by atoms with Crippen molar-refractivity contribution in [1.82, 2.24) is 19.4 Å². The van der Waals surface area contributed by atoms with E-state index in [0.29, 0.717) is 12.6 Å². The monoisotopic (exact) mass is 468 g/mol. The fourth-order valence-corrected chi connectivity index (χ4v) is 4.13. The summed E-state index contributed by atoms with van der Waals surface area (Å²) in [6.45, 7) is 2.98. The Morgan fingerprint density at radius 1 is 1.30 bits per heavy atom. The molecule has 2 aromatic heterocycles. The summed E-state index contributed by atoms with van der Waals surface area (Å²) in [5, 5.41) is 7.12. The molecule has 0 bridgehead atoms. The third-order valence-electron chi connectivity index (χ3n) is 5.96. The van der Waals surface area contributed by atoms with Crippen LogP contribution in [0, 0.1) is 0 Å². The summed E-state index contributed by atoms with van der Waals surface area (Å²) in [5.74, 6) is -2.66. The van der Waals surface area contributed by atoms with Crippen molar-refractivity contribution in [3.05, 3.63) is 54.1 Å². The molecule has 1 spiro atoms. The highest BCUT2D eigenvalue weighted by Gasteiger charge is 2.47. The van der Waals surface area contributed by atoms with Crippen LogP contribution >= 0.6 is 0 Å². The highest BCUT2D eigenvalue weighted by molar-refractivity contribution is 5.93. The van der Waals surface area contributed by atoms with Gasteiger partial charge < -0.3 is 19.3 Å². The number of likely N-dealkylation sites (tertiary alicyclic amines) is 1. The largest absolute Gasteiger partial charge is 0.490 e. The number of rotatable bonds is 4. The van der Waals surface area contributed by atoms with Gasteiger partial charge in [-0.25, -0.2) is 4.79 Å². The maximum Gasteiger partial charge on any atom is 0.490 e. The highest BCUT2D eigenvalue weighted by atomic mass is 19.4. The van der Waals surface area contributed by atoms with Gasteiger partial charge in [0.15, 0.2) is 0 Å². The average molecular weight is 468 g/mol. The van der Waals surface area contributed by atoms with Crippen LogP contribution in [0.4, 0.5) is 13.2 Å². The number of carboxylic acids is 1. The van der Waals surface area contributed by atoms with Crippen LogP contribution in [0.5, 0.6) is 0 Å². The lowest BCUT2D eigenvalue weighted by Gasteiger charge is -2.26. The van der Waals surface area contributed by atoms with Crippen LogP contribution < -0.4 is 0 Å². The maximum absolute atomic E-state index is 12.8. The number of likely N-dealkylation sites (N-methyl/N-ethyl adjacent to an activating group) is 1. The molecule has 2 aliphatic heterocycles. The molecule has 1 amide bonds. The second-order valence-electron chi connectivity index (χ2n) is 8.37. The van der Waals surface area contributed by atoms with Gasteiger partial charge in [-0.1, -0.05) is 6.07 Å². The number of aryl methyl sites for hydroxylation is 1. The van der Waals surface area contributed by atoms with Crippen LogP contribution in [-0.2, 0) is 23.1 Å². The predicted octanol–water partition coefficient (Wildman–Crippen LogP) is 2.56. The number of hydrogen-bond donors (Lipinski definition) is 1. The van der Waals surface area contributed by atoms with Gasteiger partial charge in [-0.3, -0.25) is 14.7 Å². The number of carboxylic acid groups (broad SMARTS) is 1. The number of pyridine rings is 1. The van der Waals surface area contributed by atoms with Gasteiger partial charge in [0.25, 0.3) is 5.91 Å². The summed E-state index contributed by atoms with van der Waals surface area (Å²) in [6, 6.07) is 10.2. The minimum atomic E-state index is -5.08. The van der Waals surface area contributed by atoms with Gasteiger partial charge >= 0.3 is 12.1 Å². The second kappa shape index (κ2) is 9.92. The molecule has 4 rings (SSSR count). The van der Waals surface area contributed by atoms with E-state index in [1.807, 2.05) is 53.2 Å². The minimum Gasteiger partial charge on any atom is -0.475 e. The van der Waals surface area contributed by atoms with E-state index in [2.05, 4.69) is 23.0 Å². The minimum absolute atomic E-state index is 0.100. The number of carbonyl (C=O) groups excluding carboxylic acids is 1. The molecule has 2 fully saturated rings. The number of halogens is 3. The molecule has 2 unspecified atom stereocenters. The zero-order valence-electron chi connectivity index (χ0n) is 18.5. The molecule has 0 saturated carbocycles. The van der Waals surface area contributed by atoms with Crippen molar-refractivity contribution in [2.24, 2.45) is 7.05 Å². The van der Waals surface area contributed by atoms with E-state index in [4.69, 9.17) is 14.6 Å². The summed E-state index contributed by atoms with van der Waals surface area (Å²) in [5.41, 5.74) is 1.62. The van der Waals surface area contributed by atoms with Gasteiger partial charge in [-0.05, 0) is 44.2 Å². The Bertz CT molecular complexity index is 966. The molecule has 8 nitrogen and oxygen atoms in total. The first-order chi connectivity index (χ1) is 15.5. The molecular formula is C22H27F3N4O4. The van der Waals surface area contributed by atoms with Crippen LogP contribution in [0.2, 0.25) is 0 Å². The van der Waals surface area contributed by atoms with Gasteiger partial charge in [0.05, 0.1) is 24.4 Å². The molecule has 2 atom stereocenters. The van der Waals surface area contributed by atoms with Crippen molar-refractivity contribution in [2.45, 2.75) is 37.2 Å². The molecule has 0 aliphatic carbocycles. The second-order valence-corrected chi connectivity index (χ2v) is 8.37. The standard InChI is InChI=1S/C20H26N4O2.C2HF3O2/c1-22-10-5-7-18(22)19(25)24-11-8-20(15-24)12-17(14-26-20)23(2)13-16-6-3-4-9-21-16;3-2(4,5)1(6)7/h3-7,9-10,17H,8,11-15H2,1-2H3;(H,6,7). The average Bonchev–Trinajstić information content (AvgIpc) is 3.49. The number of nitrogens with zero attached hydrogens (tertiary/aromatic N) is 4. The quantitative estimate of drug-likeness (QED) is 0.742. The van der Waals surface area contributed by atoms with Crippen LogP contribution in [0.15, 0.2) is 42.7 Å². The third kappa shape index (κ3) is 6.11. The fraction of sp³-hybridized carbons (Fsp3) is 0.500. The lowest BCUT2D eigenvalue weighted by molar-refractivity contribution is -0.192. The van der Waals surface area contributed by atoms with Gasteiger partial charge in [-0.15, -0.1) is 0 Å². The lowest BCUT2D eigenvalue weighted by atomic mass is 9.96. The van der Waals surface area contributed by atoms with Crippen LogP contribution in [0.3, 0.4) is 0 Å². The fourth-order valence-electron chi connectivity index (χ4n) is 4.13. The number of alkyl halides is 3. The summed E-state index contributed by atoms with van der Waals surface area (Å²) in [7, 11) is 4.04. The van der Waals surface area contributed by atoms with Gasteiger partial charge in [0, 0.05) is 38.6 Å². The molecule has 2 aromatic rings. The molecule has 11 heteroatoms. The Balaban J connectivity index is 0.000000383. The Labute approximate surface area is 189 Å². The summed E-state index contributed by atoms with van der Waals surface area (Å²) in [6.07, 6.45) is 0.540. The molecule has 33 heavy (non-hydrogen) atoms. The molecule has 1 N–H and O–H groups in total.